The highest BCUT2D eigenvalue weighted by atomic mass is 35.5. The Bertz CT molecular complexity index is 953. The van der Waals surface area contributed by atoms with Crippen LogP contribution in [0.4, 0.5) is 5.13 Å². The second-order valence-electron chi connectivity index (χ2n) is 7.09. The van der Waals surface area contributed by atoms with Gasteiger partial charge < -0.3 is 9.64 Å². The molecule has 0 radical (unpaired) electrons. The van der Waals surface area contributed by atoms with Crippen LogP contribution in [0.15, 0.2) is 30.5 Å². The molecular formula is C20H28ClN5O2S. The van der Waals surface area contributed by atoms with Crippen LogP contribution in [0.5, 0.6) is 5.75 Å². The number of fused-ring (bicyclic) bond motifs is 1. The van der Waals surface area contributed by atoms with E-state index in [4.69, 9.17) is 9.72 Å². The van der Waals surface area contributed by atoms with Gasteiger partial charge in [-0.25, -0.2) is 4.98 Å². The largest absolute Gasteiger partial charge is 0.494 e. The molecule has 3 aromatic rings. The summed E-state index contributed by atoms with van der Waals surface area (Å²) in [4.78, 5) is 21.7. The second-order valence-corrected chi connectivity index (χ2v) is 8.10. The van der Waals surface area contributed by atoms with Crippen molar-refractivity contribution in [2.45, 2.75) is 26.8 Å². The van der Waals surface area contributed by atoms with Crippen LogP contribution < -0.4 is 9.64 Å². The van der Waals surface area contributed by atoms with Crippen LogP contribution in [-0.4, -0.2) is 59.4 Å². The molecule has 0 fully saturated rings. The number of carbonyl (C=O) groups is 1. The quantitative estimate of drug-likeness (QED) is 0.530. The number of ether oxygens (including phenoxy) is 1. The van der Waals surface area contributed by atoms with Gasteiger partial charge in [0.1, 0.15) is 5.75 Å². The Labute approximate surface area is 181 Å². The second kappa shape index (κ2) is 10.0. The molecule has 0 saturated carbocycles. The normalized spacial score (nSPS) is 11.1. The number of amides is 1. The predicted octanol–water partition coefficient (Wildman–Crippen LogP) is 4.10. The fourth-order valence-corrected chi connectivity index (χ4v) is 3.75. The molecule has 0 aliphatic carbocycles. The third-order valence-electron chi connectivity index (χ3n) is 4.26. The maximum absolute atomic E-state index is 13.2. The first-order chi connectivity index (χ1) is 13.4. The monoisotopic (exact) mass is 437 g/mol. The average molecular weight is 438 g/mol. The molecular weight excluding hydrogens is 410 g/mol. The summed E-state index contributed by atoms with van der Waals surface area (Å²) < 4.78 is 8.38. The SMILES string of the molecule is CCOc1ccc2nc(N(CCN(C)C)C(=O)c3ccn(C(C)C)n3)sc2c1.Cl. The minimum Gasteiger partial charge on any atom is -0.494 e. The summed E-state index contributed by atoms with van der Waals surface area (Å²) in [7, 11) is 3.98. The van der Waals surface area contributed by atoms with Crippen molar-refractivity contribution in [3.63, 3.8) is 0 Å². The Morgan fingerprint density at radius 2 is 2.00 bits per heavy atom. The molecule has 0 aliphatic rings. The van der Waals surface area contributed by atoms with Gasteiger partial charge in [0.25, 0.3) is 5.91 Å². The highest BCUT2D eigenvalue weighted by Crippen LogP contribution is 2.32. The molecule has 9 heteroatoms. The van der Waals surface area contributed by atoms with Gasteiger partial charge >= 0.3 is 0 Å². The summed E-state index contributed by atoms with van der Waals surface area (Å²) in [6.45, 7) is 7.92. The van der Waals surface area contributed by atoms with Gasteiger partial charge in [-0.15, -0.1) is 12.4 Å². The van der Waals surface area contributed by atoms with Gasteiger partial charge in [-0.05, 0) is 59.1 Å². The van der Waals surface area contributed by atoms with E-state index in [1.807, 2.05) is 64.2 Å². The number of rotatable bonds is 8. The van der Waals surface area contributed by atoms with Gasteiger partial charge in [0.2, 0.25) is 0 Å². The first-order valence-electron chi connectivity index (χ1n) is 9.44. The highest BCUT2D eigenvalue weighted by molar-refractivity contribution is 7.22. The smallest absolute Gasteiger partial charge is 0.280 e. The Morgan fingerprint density at radius 1 is 1.24 bits per heavy atom. The molecule has 1 amide bonds. The number of carbonyl (C=O) groups excluding carboxylic acids is 1. The molecule has 0 spiro atoms. The molecule has 2 aromatic heterocycles. The lowest BCUT2D eigenvalue weighted by molar-refractivity contribution is 0.0979. The van der Waals surface area contributed by atoms with Crippen molar-refractivity contribution in [2.75, 3.05) is 38.7 Å². The molecule has 1 aromatic carbocycles. The Balaban J connectivity index is 0.00000300. The summed E-state index contributed by atoms with van der Waals surface area (Å²) in [5.74, 6) is 0.678. The van der Waals surface area contributed by atoms with E-state index < -0.39 is 0 Å². The molecule has 0 aliphatic heterocycles. The molecule has 2 heterocycles. The predicted molar refractivity (Wildman–Crippen MR) is 121 cm³/mol. The number of anilines is 1. The average Bonchev–Trinajstić information content (AvgIpc) is 3.28. The van der Waals surface area contributed by atoms with Gasteiger partial charge in [-0.3, -0.25) is 14.4 Å². The van der Waals surface area contributed by atoms with E-state index in [0.29, 0.717) is 24.0 Å². The number of likely N-dealkylation sites (N-methyl/N-ethyl adjacent to an activating group) is 1. The van der Waals surface area contributed by atoms with Crippen LogP contribution >= 0.6 is 23.7 Å². The van der Waals surface area contributed by atoms with Crippen LogP contribution in [0, 0.1) is 0 Å². The lowest BCUT2D eigenvalue weighted by Crippen LogP contribution is -2.37. The lowest BCUT2D eigenvalue weighted by atomic mass is 10.3. The first-order valence-corrected chi connectivity index (χ1v) is 10.3. The van der Waals surface area contributed by atoms with Crippen molar-refractivity contribution in [2.24, 2.45) is 0 Å². The van der Waals surface area contributed by atoms with E-state index >= 15 is 0 Å². The highest BCUT2D eigenvalue weighted by Gasteiger charge is 2.23. The van der Waals surface area contributed by atoms with E-state index in [1.54, 1.807) is 15.6 Å². The van der Waals surface area contributed by atoms with E-state index in [-0.39, 0.29) is 24.4 Å². The van der Waals surface area contributed by atoms with Crippen molar-refractivity contribution in [3.05, 3.63) is 36.2 Å². The molecule has 29 heavy (non-hydrogen) atoms. The maximum atomic E-state index is 13.2. The van der Waals surface area contributed by atoms with Crippen molar-refractivity contribution >= 4 is 45.0 Å². The summed E-state index contributed by atoms with van der Waals surface area (Å²) in [6.07, 6.45) is 1.84. The lowest BCUT2D eigenvalue weighted by Gasteiger charge is -2.21. The number of hydrogen-bond donors (Lipinski definition) is 0. The zero-order valence-corrected chi connectivity index (χ0v) is 19.1. The van der Waals surface area contributed by atoms with E-state index in [2.05, 4.69) is 5.10 Å². The Morgan fingerprint density at radius 3 is 2.62 bits per heavy atom. The zero-order chi connectivity index (χ0) is 20.3. The number of nitrogens with zero attached hydrogens (tertiary/aromatic N) is 5. The summed E-state index contributed by atoms with van der Waals surface area (Å²) in [6, 6.07) is 7.79. The molecule has 0 atom stereocenters. The minimum atomic E-state index is -0.134. The number of hydrogen-bond acceptors (Lipinski definition) is 6. The molecule has 0 unspecified atom stereocenters. The first kappa shape index (κ1) is 23.1. The van der Waals surface area contributed by atoms with Crippen molar-refractivity contribution in [1.82, 2.24) is 19.7 Å². The summed E-state index contributed by atoms with van der Waals surface area (Å²) in [5, 5.41) is 5.12. The zero-order valence-electron chi connectivity index (χ0n) is 17.5. The van der Waals surface area contributed by atoms with Crippen molar-refractivity contribution in [3.8, 4) is 5.75 Å². The number of aromatic nitrogens is 3. The molecule has 0 bridgehead atoms. The molecule has 0 saturated heterocycles. The van der Waals surface area contributed by atoms with Crippen LogP contribution in [0.1, 0.15) is 37.3 Å². The van der Waals surface area contributed by atoms with Crippen LogP contribution in [0.25, 0.3) is 10.2 Å². The topological polar surface area (TPSA) is 63.5 Å². The summed E-state index contributed by atoms with van der Waals surface area (Å²) in [5.41, 5.74) is 1.29. The standard InChI is InChI=1S/C20H27N5O2S.ClH/c1-6-27-15-7-8-16-18(13-15)28-20(21-16)24(12-11-23(4)5)19(26)17-9-10-25(22-17)14(2)3;/h7-10,13-14H,6,11-12H2,1-5H3;1H. The van der Waals surface area contributed by atoms with Crippen molar-refractivity contribution < 1.29 is 9.53 Å². The number of halogens is 1. The molecule has 7 nitrogen and oxygen atoms in total. The Hall–Kier alpha value is -2.16. The molecule has 3 rings (SSSR count). The third-order valence-corrected chi connectivity index (χ3v) is 5.30. The van der Waals surface area contributed by atoms with Gasteiger partial charge in [-0.1, -0.05) is 11.3 Å². The van der Waals surface area contributed by atoms with Crippen LogP contribution in [-0.2, 0) is 0 Å². The fourth-order valence-electron chi connectivity index (χ4n) is 2.73. The maximum Gasteiger partial charge on any atom is 0.280 e. The van der Waals surface area contributed by atoms with Gasteiger partial charge in [-0.2, -0.15) is 5.10 Å². The van der Waals surface area contributed by atoms with Crippen molar-refractivity contribution in [1.29, 1.82) is 0 Å². The fraction of sp³-hybridized carbons (Fsp3) is 0.450. The van der Waals surface area contributed by atoms with E-state index in [1.165, 1.54) is 11.3 Å². The van der Waals surface area contributed by atoms with Gasteiger partial charge in [0, 0.05) is 25.3 Å². The Kier molecular flexibility index (Phi) is 8.01. The number of benzene rings is 1. The van der Waals surface area contributed by atoms with E-state index in [0.717, 1.165) is 22.5 Å². The molecule has 158 valence electrons. The molecule has 0 N–H and O–H groups in total. The summed E-state index contributed by atoms with van der Waals surface area (Å²) >= 11 is 1.49. The third kappa shape index (κ3) is 5.46. The number of thiazole rings is 1. The van der Waals surface area contributed by atoms with Gasteiger partial charge in [0.05, 0.1) is 16.8 Å². The van der Waals surface area contributed by atoms with Crippen LogP contribution in [0.3, 0.4) is 0 Å². The van der Waals surface area contributed by atoms with Crippen LogP contribution in [0.2, 0.25) is 0 Å². The minimum absolute atomic E-state index is 0. The van der Waals surface area contributed by atoms with Gasteiger partial charge in [0.15, 0.2) is 10.8 Å². The van der Waals surface area contributed by atoms with E-state index in [9.17, 15) is 4.79 Å².